The minimum absolute atomic E-state index is 0.433. The number of aromatic nitrogens is 2. The molecule has 120 valence electrons. The predicted molar refractivity (Wildman–Crippen MR) is 88.4 cm³/mol. The Morgan fingerprint density at radius 2 is 1.96 bits per heavy atom. The number of aliphatic hydroxyl groups excluding tert-OH is 1. The van der Waals surface area contributed by atoms with E-state index in [1.807, 2.05) is 41.9 Å². The molecule has 0 aliphatic heterocycles. The van der Waals surface area contributed by atoms with E-state index in [1.165, 1.54) is 0 Å². The highest BCUT2D eigenvalue weighted by Crippen LogP contribution is 2.18. The normalized spacial score (nSPS) is 12.5. The van der Waals surface area contributed by atoms with Crippen LogP contribution in [0.15, 0.2) is 53.1 Å². The summed E-state index contributed by atoms with van der Waals surface area (Å²) in [7, 11) is 0. The first-order chi connectivity index (χ1) is 11.2. The van der Waals surface area contributed by atoms with Crippen LogP contribution in [0.3, 0.4) is 0 Å². The van der Waals surface area contributed by atoms with E-state index in [-0.39, 0.29) is 0 Å². The standard InChI is InChI=1S/C18H21N3O2/c1-13-16(11-19-12-17(22)18-9-6-10-23-18)14(2)21(20-13)15-7-4-3-5-8-15/h3-10,17,19,22H,11-12H2,1-2H3. The first-order valence-electron chi connectivity index (χ1n) is 7.69. The Hall–Kier alpha value is -2.37. The monoisotopic (exact) mass is 311 g/mol. The highest BCUT2D eigenvalue weighted by molar-refractivity contribution is 5.36. The molecule has 1 unspecified atom stereocenters. The fourth-order valence-electron chi connectivity index (χ4n) is 2.67. The van der Waals surface area contributed by atoms with Crippen molar-refractivity contribution in [3.8, 4) is 5.69 Å². The van der Waals surface area contributed by atoms with E-state index >= 15 is 0 Å². The number of hydrogen-bond acceptors (Lipinski definition) is 4. The van der Waals surface area contributed by atoms with Crippen molar-refractivity contribution in [2.45, 2.75) is 26.5 Å². The lowest BCUT2D eigenvalue weighted by molar-refractivity contribution is 0.147. The minimum Gasteiger partial charge on any atom is -0.467 e. The van der Waals surface area contributed by atoms with Crippen LogP contribution in [-0.2, 0) is 6.54 Å². The second kappa shape index (κ2) is 6.81. The molecule has 5 nitrogen and oxygen atoms in total. The van der Waals surface area contributed by atoms with Crippen LogP contribution in [0.25, 0.3) is 5.69 Å². The predicted octanol–water partition coefficient (Wildman–Crippen LogP) is 2.91. The van der Waals surface area contributed by atoms with E-state index < -0.39 is 6.10 Å². The largest absolute Gasteiger partial charge is 0.467 e. The number of furan rings is 1. The molecular formula is C18H21N3O2. The van der Waals surface area contributed by atoms with Gasteiger partial charge in [0.1, 0.15) is 11.9 Å². The van der Waals surface area contributed by atoms with E-state index in [2.05, 4.69) is 17.3 Å². The van der Waals surface area contributed by atoms with Crippen LogP contribution in [0.4, 0.5) is 0 Å². The lowest BCUT2D eigenvalue weighted by atomic mass is 10.2. The zero-order valence-electron chi connectivity index (χ0n) is 13.4. The molecule has 0 amide bonds. The van der Waals surface area contributed by atoms with Crippen molar-refractivity contribution in [2.75, 3.05) is 6.54 Å². The second-order valence-corrected chi connectivity index (χ2v) is 5.56. The van der Waals surface area contributed by atoms with Gasteiger partial charge in [-0.3, -0.25) is 0 Å². The van der Waals surface area contributed by atoms with Crippen LogP contribution in [0.2, 0.25) is 0 Å². The zero-order chi connectivity index (χ0) is 16.2. The molecule has 0 aliphatic rings. The Morgan fingerprint density at radius 3 is 2.65 bits per heavy atom. The van der Waals surface area contributed by atoms with Crippen LogP contribution in [-0.4, -0.2) is 21.4 Å². The van der Waals surface area contributed by atoms with Crippen molar-refractivity contribution in [3.63, 3.8) is 0 Å². The molecule has 2 N–H and O–H groups in total. The number of rotatable bonds is 6. The number of hydrogen-bond donors (Lipinski definition) is 2. The molecule has 0 aliphatic carbocycles. The van der Waals surface area contributed by atoms with Crippen molar-refractivity contribution in [3.05, 3.63) is 71.4 Å². The first kappa shape index (κ1) is 15.5. The second-order valence-electron chi connectivity index (χ2n) is 5.56. The van der Waals surface area contributed by atoms with Gasteiger partial charge >= 0.3 is 0 Å². The molecule has 1 atom stereocenters. The average molecular weight is 311 g/mol. The summed E-state index contributed by atoms with van der Waals surface area (Å²) in [5, 5.41) is 17.9. The number of benzene rings is 1. The summed E-state index contributed by atoms with van der Waals surface area (Å²) in [5.41, 5.74) is 4.30. The number of para-hydroxylation sites is 1. The van der Waals surface area contributed by atoms with Gasteiger partial charge in [0, 0.05) is 24.3 Å². The number of nitrogens with one attached hydrogen (secondary N) is 1. The third-order valence-electron chi connectivity index (χ3n) is 3.95. The summed E-state index contributed by atoms with van der Waals surface area (Å²) < 4.78 is 7.15. The van der Waals surface area contributed by atoms with Gasteiger partial charge in [-0.15, -0.1) is 0 Å². The summed E-state index contributed by atoms with van der Waals surface area (Å²) in [4.78, 5) is 0. The molecule has 0 spiro atoms. The molecule has 5 heteroatoms. The Labute approximate surface area is 135 Å². The van der Waals surface area contributed by atoms with Crippen molar-refractivity contribution >= 4 is 0 Å². The molecule has 3 rings (SSSR count). The molecule has 2 aromatic heterocycles. The van der Waals surface area contributed by atoms with E-state index in [1.54, 1.807) is 18.4 Å². The third-order valence-corrected chi connectivity index (χ3v) is 3.95. The van der Waals surface area contributed by atoms with Crippen LogP contribution in [0.1, 0.15) is 28.8 Å². The molecule has 0 fully saturated rings. The number of aliphatic hydroxyl groups is 1. The van der Waals surface area contributed by atoms with Crippen LogP contribution in [0, 0.1) is 13.8 Å². The maximum absolute atomic E-state index is 10.0. The fraction of sp³-hybridized carbons (Fsp3) is 0.278. The quantitative estimate of drug-likeness (QED) is 0.735. The Bertz CT molecular complexity index is 748. The van der Waals surface area contributed by atoms with E-state index in [0.717, 1.165) is 22.6 Å². The Balaban J connectivity index is 1.68. The van der Waals surface area contributed by atoms with Crippen LogP contribution in [0.5, 0.6) is 0 Å². The fourth-order valence-corrected chi connectivity index (χ4v) is 2.67. The number of nitrogens with zero attached hydrogens (tertiary/aromatic N) is 2. The van der Waals surface area contributed by atoms with E-state index in [9.17, 15) is 5.11 Å². The molecule has 1 aromatic carbocycles. The lowest BCUT2D eigenvalue weighted by Crippen LogP contribution is -2.21. The molecule has 0 saturated carbocycles. The maximum atomic E-state index is 10.0. The molecule has 0 radical (unpaired) electrons. The number of aryl methyl sites for hydroxylation is 1. The van der Waals surface area contributed by atoms with Crippen LogP contribution < -0.4 is 5.32 Å². The summed E-state index contributed by atoms with van der Waals surface area (Å²) in [5.74, 6) is 0.575. The first-order valence-corrected chi connectivity index (χ1v) is 7.69. The molecule has 23 heavy (non-hydrogen) atoms. The third kappa shape index (κ3) is 3.36. The van der Waals surface area contributed by atoms with Gasteiger partial charge in [0.2, 0.25) is 0 Å². The average Bonchev–Trinajstić information content (AvgIpc) is 3.19. The van der Waals surface area contributed by atoms with Crippen molar-refractivity contribution in [2.24, 2.45) is 0 Å². The Morgan fingerprint density at radius 1 is 1.17 bits per heavy atom. The summed E-state index contributed by atoms with van der Waals surface area (Å²) in [6.07, 6.45) is 0.922. The van der Waals surface area contributed by atoms with Crippen molar-refractivity contribution in [1.82, 2.24) is 15.1 Å². The van der Waals surface area contributed by atoms with Crippen molar-refractivity contribution in [1.29, 1.82) is 0 Å². The van der Waals surface area contributed by atoms with Gasteiger partial charge in [0.25, 0.3) is 0 Å². The summed E-state index contributed by atoms with van der Waals surface area (Å²) in [6.45, 7) is 5.16. The van der Waals surface area contributed by atoms with Gasteiger partial charge in [-0.1, -0.05) is 18.2 Å². The maximum Gasteiger partial charge on any atom is 0.133 e. The van der Waals surface area contributed by atoms with Crippen LogP contribution >= 0.6 is 0 Å². The van der Waals surface area contributed by atoms with Gasteiger partial charge in [-0.25, -0.2) is 4.68 Å². The Kier molecular flexibility index (Phi) is 4.60. The van der Waals surface area contributed by atoms with E-state index in [0.29, 0.717) is 18.8 Å². The summed E-state index contributed by atoms with van der Waals surface area (Å²) in [6, 6.07) is 13.6. The molecular weight excluding hydrogens is 290 g/mol. The molecule has 0 bridgehead atoms. The van der Waals surface area contributed by atoms with Crippen molar-refractivity contribution < 1.29 is 9.52 Å². The highest BCUT2D eigenvalue weighted by atomic mass is 16.4. The summed E-state index contributed by atoms with van der Waals surface area (Å²) >= 11 is 0. The van der Waals surface area contributed by atoms with Gasteiger partial charge in [-0.2, -0.15) is 5.10 Å². The molecule has 2 heterocycles. The van der Waals surface area contributed by atoms with Gasteiger partial charge < -0.3 is 14.8 Å². The molecule has 0 saturated heterocycles. The van der Waals surface area contributed by atoms with Gasteiger partial charge in [0.05, 0.1) is 17.6 Å². The highest BCUT2D eigenvalue weighted by Gasteiger charge is 2.14. The van der Waals surface area contributed by atoms with Gasteiger partial charge in [-0.05, 0) is 38.1 Å². The topological polar surface area (TPSA) is 63.2 Å². The molecule has 3 aromatic rings. The zero-order valence-corrected chi connectivity index (χ0v) is 13.4. The lowest BCUT2D eigenvalue weighted by Gasteiger charge is -2.10. The minimum atomic E-state index is -0.644. The van der Waals surface area contributed by atoms with E-state index in [4.69, 9.17) is 4.42 Å². The SMILES string of the molecule is Cc1nn(-c2ccccc2)c(C)c1CNCC(O)c1ccco1. The smallest absolute Gasteiger partial charge is 0.133 e. The van der Waals surface area contributed by atoms with Gasteiger partial charge in [0.15, 0.2) is 0 Å².